The van der Waals surface area contributed by atoms with Crippen molar-refractivity contribution in [3.05, 3.63) is 11.3 Å². The molecule has 0 radical (unpaired) electrons. The van der Waals surface area contributed by atoms with Gasteiger partial charge < -0.3 is 19.4 Å². The third-order valence-corrected chi connectivity index (χ3v) is 4.29. The molecule has 1 saturated heterocycles. The average Bonchev–Trinajstić information content (AvgIpc) is 2.58. The summed E-state index contributed by atoms with van der Waals surface area (Å²) in [5.41, 5.74) is 1.69. The Morgan fingerprint density at radius 2 is 1.96 bits per heavy atom. The molecular weight excluding hydrogens is 362 g/mol. The molecule has 0 N–H and O–H groups in total. The van der Waals surface area contributed by atoms with Gasteiger partial charge >= 0.3 is 6.09 Å². The standard InChI is InChI=1S/C19H33N5O2S/c1-9-14(2)15-12-23(18(25)26-19(3,4)5)10-11-24(15)16(20-6)17(27)21-13-22(7)8/h13H,9-12H2,1-8H3/b15-14+,20-16?,21-13?. The Balaban J connectivity index is 3.09. The molecule has 0 atom stereocenters. The molecule has 1 aliphatic heterocycles. The molecular formula is C19H33N5O2S. The second-order valence-electron chi connectivity index (χ2n) is 7.69. The van der Waals surface area contributed by atoms with Crippen LogP contribution < -0.4 is 0 Å². The maximum Gasteiger partial charge on any atom is 0.410 e. The molecule has 7 nitrogen and oxygen atoms in total. The van der Waals surface area contributed by atoms with Gasteiger partial charge in [-0.1, -0.05) is 24.7 Å². The fraction of sp³-hybridized carbons (Fsp3) is 0.684. The van der Waals surface area contributed by atoms with Gasteiger partial charge in [-0.25, -0.2) is 9.79 Å². The highest BCUT2D eigenvalue weighted by Gasteiger charge is 2.31. The molecule has 0 spiro atoms. The number of rotatable bonds is 2. The predicted octanol–water partition coefficient (Wildman–Crippen LogP) is 3.17. The molecule has 0 unspecified atom stereocenters. The smallest absolute Gasteiger partial charge is 0.410 e. The number of allylic oxidation sites excluding steroid dienone is 1. The number of carbonyl (C=O) groups is 1. The van der Waals surface area contributed by atoms with Gasteiger partial charge in [-0.05, 0) is 34.1 Å². The minimum absolute atomic E-state index is 0.299. The van der Waals surface area contributed by atoms with Crippen LogP contribution >= 0.6 is 12.2 Å². The van der Waals surface area contributed by atoms with Crippen molar-refractivity contribution >= 4 is 35.5 Å². The molecule has 1 rings (SSSR count). The summed E-state index contributed by atoms with van der Waals surface area (Å²) in [4.78, 5) is 27.3. The number of amidine groups is 1. The number of hydrogen-bond donors (Lipinski definition) is 0. The quantitative estimate of drug-likeness (QED) is 0.408. The number of carbonyl (C=O) groups excluding carboxylic acids is 1. The molecule has 0 aliphatic carbocycles. The van der Waals surface area contributed by atoms with Crippen LogP contribution in [0, 0.1) is 0 Å². The van der Waals surface area contributed by atoms with Crippen molar-refractivity contribution in [2.75, 3.05) is 40.8 Å². The van der Waals surface area contributed by atoms with Gasteiger partial charge in [-0.3, -0.25) is 4.99 Å². The van der Waals surface area contributed by atoms with Crippen LogP contribution in [0.2, 0.25) is 0 Å². The minimum Gasteiger partial charge on any atom is -0.444 e. The largest absolute Gasteiger partial charge is 0.444 e. The Kier molecular flexibility index (Phi) is 8.40. The van der Waals surface area contributed by atoms with Crippen molar-refractivity contribution in [1.29, 1.82) is 0 Å². The fourth-order valence-electron chi connectivity index (χ4n) is 2.54. The van der Waals surface area contributed by atoms with Gasteiger partial charge in [0.25, 0.3) is 0 Å². The van der Waals surface area contributed by atoms with Gasteiger partial charge in [0.2, 0.25) is 0 Å². The van der Waals surface area contributed by atoms with Crippen LogP contribution in [0.15, 0.2) is 21.3 Å². The van der Waals surface area contributed by atoms with E-state index in [1.807, 2.05) is 39.8 Å². The first-order chi connectivity index (χ1) is 12.5. The molecule has 1 heterocycles. The van der Waals surface area contributed by atoms with Crippen molar-refractivity contribution < 1.29 is 9.53 Å². The molecule has 1 aliphatic rings. The van der Waals surface area contributed by atoms with Gasteiger partial charge in [-0.2, -0.15) is 0 Å². The first kappa shape index (κ1) is 23.1. The first-order valence-electron chi connectivity index (χ1n) is 9.16. The highest BCUT2D eigenvalue weighted by Crippen LogP contribution is 2.22. The normalized spacial score (nSPS) is 18.0. The van der Waals surface area contributed by atoms with Crippen molar-refractivity contribution in [3.8, 4) is 0 Å². The topological polar surface area (TPSA) is 60.7 Å². The van der Waals surface area contributed by atoms with E-state index in [1.54, 1.807) is 18.3 Å². The first-order valence-corrected chi connectivity index (χ1v) is 9.56. The highest BCUT2D eigenvalue weighted by atomic mass is 32.1. The van der Waals surface area contributed by atoms with E-state index in [2.05, 4.69) is 28.7 Å². The summed E-state index contributed by atoms with van der Waals surface area (Å²) in [5, 5.41) is 0. The van der Waals surface area contributed by atoms with E-state index >= 15 is 0 Å². The van der Waals surface area contributed by atoms with E-state index < -0.39 is 5.60 Å². The molecule has 0 bridgehead atoms. The van der Waals surface area contributed by atoms with Crippen LogP contribution in [0.3, 0.4) is 0 Å². The van der Waals surface area contributed by atoms with Crippen LogP contribution in [-0.4, -0.2) is 84.3 Å². The van der Waals surface area contributed by atoms with Crippen molar-refractivity contribution in [2.45, 2.75) is 46.6 Å². The summed E-state index contributed by atoms with van der Waals surface area (Å²) < 4.78 is 5.53. The molecule has 8 heteroatoms. The second-order valence-corrected chi connectivity index (χ2v) is 8.08. The lowest BCUT2D eigenvalue weighted by atomic mass is 10.1. The minimum atomic E-state index is -0.517. The zero-order valence-electron chi connectivity index (χ0n) is 17.9. The third kappa shape index (κ3) is 6.93. The third-order valence-electron chi connectivity index (χ3n) is 4.00. The number of piperazine rings is 1. The lowest BCUT2D eigenvalue weighted by Gasteiger charge is -2.39. The van der Waals surface area contributed by atoms with Crippen LogP contribution in [-0.2, 0) is 4.74 Å². The van der Waals surface area contributed by atoms with E-state index in [1.165, 1.54) is 5.57 Å². The highest BCUT2D eigenvalue weighted by molar-refractivity contribution is 7.82. The van der Waals surface area contributed by atoms with Crippen molar-refractivity contribution in [3.63, 3.8) is 0 Å². The van der Waals surface area contributed by atoms with Crippen molar-refractivity contribution in [1.82, 2.24) is 14.7 Å². The summed E-state index contributed by atoms with van der Waals surface area (Å²) in [6.45, 7) is 11.4. The molecule has 1 fully saturated rings. The van der Waals surface area contributed by atoms with E-state index in [9.17, 15) is 4.79 Å². The summed E-state index contributed by atoms with van der Waals surface area (Å²) in [7, 11) is 5.49. The average molecular weight is 396 g/mol. The zero-order valence-corrected chi connectivity index (χ0v) is 18.7. The summed E-state index contributed by atoms with van der Waals surface area (Å²) in [5.74, 6) is 0.648. The van der Waals surface area contributed by atoms with Crippen LogP contribution in [0.25, 0.3) is 0 Å². The number of thiocarbonyl (C=S) groups is 1. The second kappa shape index (κ2) is 9.82. The molecule has 0 aromatic heterocycles. The summed E-state index contributed by atoms with van der Waals surface area (Å²) in [6, 6.07) is 0. The van der Waals surface area contributed by atoms with E-state index in [4.69, 9.17) is 17.0 Å². The molecule has 0 aromatic rings. The lowest BCUT2D eigenvalue weighted by molar-refractivity contribution is 0.0221. The van der Waals surface area contributed by atoms with E-state index in [-0.39, 0.29) is 6.09 Å². The van der Waals surface area contributed by atoms with Crippen LogP contribution in [0.1, 0.15) is 41.0 Å². The Labute approximate surface area is 168 Å². The molecule has 0 saturated carbocycles. The van der Waals surface area contributed by atoms with Gasteiger partial charge in [0.05, 0.1) is 12.9 Å². The van der Waals surface area contributed by atoms with E-state index in [0.29, 0.717) is 30.5 Å². The zero-order chi connectivity index (χ0) is 20.8. The van der Waals surface area contributed by atoms with Crippen LogP contribution in [0.4, 0.5) is 4.79 Å². The van der Waals surface area contributed by atoms with Gasteiger partial charge in [-0.15, -0.1) is 0 Å². The molecule has 152 valence electrons. The fourth-order valence-corrected chi connectivity index (χ4v) is 2.79. The van der Waals surface area contributed by atoms with Gasteiger partial charge in [0.15, 0.2) is 10.8 Å². The maximum atomic E-state index is 12.5. The number of nitrogens with zero attached hydrogens (tertiary/aromatic N) is 5. The molecule has 27 heavy (non-hydrogen) atoms. The Hall–Kier alpha value is -1.96. The number of amides is 1. The predicted molar refractivity (Wildman–Crippen MR) is 116 cm³/mol. The van der Waals surface area contributed by atoms with Crippen molar-refractivity contribution in [2.24, 2.45) is 9.98 Å². The Bertz CT molecular complexity index is 647. The number of hydrogen-bond acceptors (Lipinski definition) is 4. The Morgan fingerprint density at radius 1 is 1.33 bits per heavy atom. The summed E-state index contributed by atoms with van der Waals surface area (Å²) in [6.07, 6.45) is 2.24. The van der Waals surface area contributed by atoms with Gasteiger partial charge in [0, 0.05) is 39.9 Å². The monoisotopic (exact) mass is 395 g/mol. The Morgan fingerprint density at radius 3 is 2.44 bits per heavy atom. The lowest BCUT2D eigenvalue weighted by Crippen LogP contribution is -2.51. The summed E-state index contributed by atoms with van der Waals surface area (Å²) >= 11 is 5.48. The van der Waals surface area contributed by atoms with Gasteiger partial charge in [0.1, 0.15) is 5.60 Å². The molecule has 1 amide bonds. The van der Waals surface area contributed by atoms with Crippen LogP contribution in [0.5, 0.6) is 0 Å². The molecule has 0 aromatic carbocycles. The number of aliphatic imine (C=N–C) groups is 2. The number of ether oxygens (including phenoxy) is 1. The maximum absolute atomic E-state index is 12.5. The van der Waals surface area contributed by atoms with E-state index in [0.717, 1.165) is 12.1 Å². The SMILES string of the molecule is CC/C(C)=C1\CN(C(=O)OC(C)(C)C)CCN1C(=NC)C(=S)N=CN(C)C.